The fraction of sp³-hybridized carbons (Fsp3) is 0.538. The lowest BCUT2D eigenvalue weighted by Crippen LogP contribution is -2.61. The molecule has 3 aliphatic heterocycles. The van der Waals surface area contributed by atoms with Crippen LogP contribution in [-0.4, -0.2) is 107 Å². The third kappa shape index (κ3) is 6.34. The van der Waals surface area contributed by atoms with E-state index < -0.39 is 12.8 Å². The van der Waals surface area contributed by atoms with E-state index in [2.05, 4.69) is 51.4 Å². The van der Waals surface area contributed by atoms with Crippen molar-refractivity contribution in [3.8, 4) is 16.9 Å². The number of aromatic amines is 1. The van der Waals surface area contributed by atoms with Gasteiger partial charge < -0.3 is 19.4 Å². The van der Waals surface area contributed by atoms with E-state index in [1.165, 1.54) is 6.08 Å². The minimum absolute atomic E-state index is 0.0379. The van der Waals surface area contributed by atoms with Gasteiger partial charge in [0.15, 0.2) is 12.4 Å². The molecule has 13 heteroatoms. The summed E-state index contributed by atoms with van der Waals surface area (Å²) in [6.45, 7) is 14.6. The van der Waals surface area contributed by atoms with Crippen LogP contribution in [0.2, 0.25) is 0 Å². The van der Waals surface area contributed by atoms with E-state index in [-0.39, 0.29) is 23.0 Å². The van der Waals surface area contributed by atoms with Crippen molar-refractivity contribution in [2.75, 3.05) is 68.8 Å². The number of nitrogens with one attached hydrogen (secondary N) is 1. The highest BCUT2D eigenvalue weighted by atomic mass is 19.4. The second kappa shape index (κ2) is 13.2. The van der Waals surface area contributed by atoms with Crippen LogP contribution in [0.4, 0.5) is 24.9 Å². The van der Waals surface area contributed by atoms with Gasteiger partial charge in [0.2, 0.25) is 11.9 Å². The number of likely N-dealkylation sites (tertiary alicyclic amines) is 1. The second-order valence-electron chi connectivity index (χ2n) is 15.3. The molecule has 4 aliphatic rings. The SMILES string of the molecule is C=CC(=O)N1CC2(CCN(c3nc(N4CCN(C(C)CC)CC4)nc4c(OCC(F)(F)F)c(-c5c(C)ccc6[nH]ncc56)c(C5CC5)cc34)CC2)C1. The number of anilines is 2. The second-order valence-corrected chi connectivity index (χ2v) is 15.3. The number of fused-ring (bicyclic) bond motifs is 2. The quantitative estimate of drug-likeness (QED) is 0.189. The number of carbonyl (C=O) groups excluding carboxylic acids is 1. The number of aryl methyl sites for hydroxylation is 1. The smallest absolute Gasteiger partial charge is 0.422 e. The number of halogens is 3. The lowest BCUT2D eigenvalue weighted by molar-refractivity contribution is -0.153. The molecule has 8 rings (SSSR count). The molecular formula is C39H47F3N8O2. The zero-order valence-electron chi connectivity index (χ0n) is 30.2. The number of hydrogen-bond acceptors (Lipinski definition) is 8. The summed E-state index contributed by atoms with van der Waals surface area (Å²) < 4.78 is 48.3. The molecule has 276 valence electrons. The van der Waals surface area contributed by atoms with Gasteiger partial charge in [0.25, 0.3) is 0 Å². The molecule has 10 nitrogen and oxygen atoms in total. The van der Waals surface area contributed by atoms with E-state index in [0.29, 0.717) is 49.2 Å². The van der Waals surface area contributed by atoms with Crippen molar-refractivity contribution in [2.24, 2.45) is 5.41 Å². The van der Waals surface area contributed by atoms with Crippen LogP contribution in [0.15, 0.2) is 37.1 Å². The summed E-state index contributed by atoms with van der Waals surface area (Å²) in [7, 11) is 0. The number of piperazine rings is 1. The number of rotatable bonds is 9. The van der Waals surface area contributed by atoms with Crippen LogP contribution in [0.5, 0.6) is 5.75 Å². The number of hydrogen-bond donors (Lipinski definition) is 1. The number of aromatic nitrogens is 4. The summed E-state index contributed by atoms with van der Waals surface area (Å²) in [5.74, 6) is 1.55. The maximum absolute atomic E-state index is 14.1. The van der Waals surface area contributed by atoms with E-state index in [0.717, 1.165) is 97.1 Å². The van der Waals surface area contributed by atoms with E-state index in [1.54, 1.807) is 6.20 Å². The summed E-state index contributed by atoms with van der Waals surface area (Å²) in [4.78, 5) is 31.4. The number of amides is 1. The monoisotopic (exact) mass is 716 g/mol. The van der Waals surface area contributed by atoms with Crippen molar-refractivity contribution in [2.45, 2.75) is 71.0 Å². The molecule has 2 aromatic carbocycles. The van der Waals surface area contributed by atoms with Crippen LogP contribution in [-0.2, 0) is 4.79 Å². The molecule has 1 spiro atoms. The maximum atomic E-state index is 14.1. The van der Waals surface area contributed by atoms with E-state index in [4.69, 9.17) is 14.7 Å². The molecule has 4 aromatic rings. The first kappa shape index (κ1) is 34.7. The number of nitrogens with zero attached hydrogens (tertiary/aromatic N) is 7. The zero-order valence-corrected chi connectivity index (χ0v) is 30.2. The van der Waals surface area contributed by atoms with Crippen LogP contribution < -0.4 is 14.5 Å². The first-order valence-electron chi connectivity index (χ1n) is 18.6. The Morgan fingerprint density at radius 1 is 1.06 bits per heavy atom. The molecule has 52 heavy (non-hydrogen) atoms. The Bertz CT molecular complexity index is 2000. The largest absolute Gasteiger partial charge is 0.481 e. The average Bonchev–Trinajstić information content (AvgIpc) is 3.87. The Balaban J connectivity index is 1.29. The van der Waals surface area contributed by atoms with E-state index >= 15 is 0 Å². The molecule has 2 aromatic heterocycles. The highest BCUT2D eigenvalue weighted by molar-refractivity contribution is 6.06. The van der Waals surface area contributed by atoms with Crippen molar-refractivity contribution >= 4 is 39.5 Å². The zero-order chi connectivity index (χ0) is 36.4. The van der Waals surface area contributed by atoms with Crippen molar-refractivity contribution in [3.05, 3.63) is 48.2 Å². The van der Waals surface area contributed by atoms with E-state index in [9.17, 15) is 18.0 Å². The van der Waals surface area contributed by atoms with Gasteiger partial charge >= 0.3 is 6.18 Å². The highest BCUT2D eigenvalue weighted by Gasteiger charge is 2.47. The molecule has 1 atom stereocenters. The number of carbonyl (C=O) groups is 1. The molecule has 1 amide bonds. The Labute approximate surface area is 302 Å². The summed E-state index contributed by atoms with van der Waals surface area (Å²) in [5.41, 5.74) is 4.64. The Morgan fingerprint density at radius 2 is 1.79 bits per heavy atom. The minimum Gasteiger partial charge on any atom is -0.481 e. The summed E-state index contributed by atoms with van der Waals surface area (Å²) in [6, 6.07) is 6.52. The standard InChI is InChI=1S/C39H47F3N8O2/c1-5-25(4)47-15-17-49(18-16-47)37-44-34-28(36(45-37)48-13-11-38(12-14-48)21-50(22-38)31(51)6-2)19-27(26-8-9-26)33(35(34)52-23-39(40,41)42)32-24(3)7-10-30-29(32)20-43-46-30/h6-7,10,19-20,25-26H,2,5,8-9,11-18,21-23H2,1,3-4H3,(H,43,46). The van der Waals surface area contributed by atoms with Crippen LogP contribution >= 0.6 is 0 Å². The van der Waals surface area contributed by atoms with Gasteiger partial charge in [0, 0.05) is 80.2 Å². The first-order chi connectivity index (χ1) is 25.0. The molecule has 3 saturated heterocycles. The molecule has 0 bridgehead atoms. The number of ether oxygens (including phenoxy) is 1. The number of H-pyrrole nitrogens is 1. The lowest BCUT2D eigenvalue weighted by atomic mass is 9.72. The average molecular weight is 717 g/mol. The normalized spacial score (nSPS) is 20.1. The minimum atomic E-state index is -4.55. The molecule has 1 N–H and O–H groups in total. The van der Waals surface area contributed by atoms with Crippen molar-refractivity contribution in [1.29, 1.82) is 0 Å². The number of benzene rings is 2. The van der Waals surface area contributed by atoms with Gasteiger partial charge in [0.05, 0.1) is 11.7 Å². The van der Waals surface area contributed by atoms with Gasteiger partial charge in [-0.3, -0.25) is 14.8 Å². The number of alkyl halides is 3. The molecule has 1 saturated carbocycles. The summed E-state index contributed by atoms with van der Waals surface area (Å²) >= 11 is 0. The summed E-state index contributed by atoms with van der Waals surface area (Å²) in [6.07, 6.45) is 3.28. The first-order valence-corrected chi connectivity index (χ1v) is 18.6. The molecule has 4 fully saturated rings. The van der Waals surface area contributed by atoms with Crippen molar-refractivity contribution < 1.29 is 22.7 Å². The third-order valence-electron chi connectivity index (χ3n) is 11.9. The molecule has 5 heterocycles. The van der Waals surface area contributed by atoms with Crippen LogP contribution in [0, 0.1) is 12.3 Å². The van der Waals surface area contributed by atoms with Crippen LogP contribution in [0.3, 0.4) is 0 Å². The Kier molecular flexibility index (Phi) is 8.82. The lowest BCUT2D eigenvalue weighted by Gasteiger charge is -2.54. The molecule has 1 aliphatic carbocycles. The fourth-order valence-corrected chi connectivity index (χ4v) is 8.52. The number of piperidine rings is 1. The van der Waals surface area contributed by atoms with Gasteiger partial charge in [0.1, 0.15) is 11.3 Å². The Morgan fingerprint density at radius 3 is 2.44 bits per heavy atom. The predicted molar refractivity (Wildman–Crippen MR) is 197 cm³/mol. The van der Waals surface area contributed by atoms with Gasteiger partial charge in [-0.1, -0.05) is 19.6 Å². The van der Waals surface area contributed by atoms with Gasteiger partial charge in [-0.2, -0.15) is 23.3 Å². The summed E-state index contributed by atoms with van der Waals surface area (Å²) in [5, 5.41) is 8.89. The maximum Gasteiger partial charge on any atom is 0.422 e. The molecule has 1 unspecified atom stereocenters. The van der Waals surface area contributed by atoms with Gasteiger partial charge in [-0.25, -0.2) is 4.98 Å². The van der Waals surface area contributed by atoms with Crippen LogP contribution in [0.25, 0.3) is 32.9 Å². The van der Waals surface area contributed by atoms with E-state index in [1.807, 2.05) is 24.0 Å². The molecular weight excluding hydrogens is 669 g/mol. The van der Waals surface area contributed by atoms with Crippen molar-refractivity contribution in [3.63, 3.8) is 0 Å². The fourth-order valence-electron chi connectivity index (χ4n) is 8.52. The molecule has 0 radical (unpaired) electrons. The van der Waals surface area contributed by atoms with Crippen LogP contribution in [0.1, 0.15) is 63.0 Å². The predicted octanol–water partition coefficient (Wildman–Crippen LogP) is 6.84. The highest BCUT2D eigenvalue weighted by Crippen LogP contribution is 2.53. The van der Waals surface area contributed by atoms with Gasteiger partial charge in [-0.05, 0) is 86.8 Å². The third-order valence-corrected chi connectivity index (χ3v) is 11.9. The van der Waals surface area contributed by atoms with Gasteiger partial charge in [-0.15, -0.1) is 0 Å². The van der Waals surface area contributed by atoms with Crippen molar-refractivity contribution in [1.82, 2.24) is 30.0 Å². The Hall–Kier alpha value is -4.39. The topological polar surface area (TPSA) is 93.7 Å².